The minimum absolute atomic E-state index is 0.0904. The molecule has 1 fully saturated rings. The standard InChI is InChI=1S/C24H28N6O2/c1-16(31)29-13-18-12-25-23(20(18)14-29)27-22-11-21(17-7-4-3-5-8-17)26-24(28-22)30-10-6-9-19(30)15-32-2/h3-5,7-8,11,19H,6,9-10,12-15H2,1-2H3,(H,25,26,27,28)/t19-/m0/s1. The second kappa shape index (κ2) is 8.70. The van der Waals surface area contributed by atoms with Crippen molar-refractivity contribution in [3.63, 3.8) is 0 Å². The van der Waals surface area contributed by atoms with Crippen LogP contribution in [0.5, 0.6) is 0 Å². The third kappa shape index (κ3) is 3.98. The Labute approximate surface area is 188 Å². The first-order chi connectivity index (χ1) is 15.6. The van der Waals surface area contributed by atoms with Crippen LogP contribution < -0.4 is 10.2 Å². The van der Waals surface area contributed by atoms with Crippen molar-refractivity contribution in [2.24, 2.45) is 4.99 Å². The van der Waals surface area contributed by atoms with Crippen LogP contribution in [0.15, 0.2) is 52.5 Å². The van der Waals surface area contributed by atoms with Crippen molar-refractivity contribution < 1.29 is 9.53 Å². The highest BCUT2D eigenvalue weighted by Crippen LogP contribution is 2.29. The van der Waals surface area contributed by atoms with Gasteiger partial charge in [-0.05, 0) is 18.4 Å². The van der Waals surface area contributed by atoms with Crippen molar-refractivity contribution in [1.29, 1.82) is 0 Å². The van der Waals surface area contributed by atoms with Crippen molar-refractivity contribution in [3.8, 4) is 11.3 Å². The Hall–Kier alpha value is -3.26. The van der Waals surface area contributed by atoms with E-state index >= 15 is 0 Å². The highest BCUT2D eigenvalue weighted by Gasteiger charge is 2.31. The minimum atomic E-state index is 0.0904. The second-order valence-electron chi connectivity index (χ2n) is 8.50. The lowest BCUT2D eigenvalue weighted by Gasteiger charge is -2.25. The van der Waals surface area contributed by atoms with E-state index in [9.17, 15) is 4.79 Å². The molecule has 0 saturated carbocycles. The van der Waals surface area contributed by atoms with Crippen LogP contribution >= 0.6 is 0 Å². The van der Waals surface area contributed by atoms with E-state index in [1.54, 1.807) is 14.0 Å². The lowest BCUT2D eigenvalue weighted by molar-refractivity contribution is -0.127. The van der Waals surface area contributed by atoms with E-state index in [4.69, 9.17) is 14.7 Å². The summed E-state index contributed by atoms with van der Waals surface area (Å²) in [6.07, 6.45) is 2.17. The van der Waals surface area contributed by atoms with Gasteiger partial charge in [-0.25, -0.2) is 4.98 Å². The van der Waals surface area contributed by atoms with Gasteiger partial charge in [0.2, 0.25) is 11.9 Å². The summed E-state index contributed by atoms with van der Waals surface area (Å²) in [5.41, 5.74) is 4.23. The molecule has 3 aliphatic heterocycles. The average Bonchev–Trinajstić information content (AvgIpc) is 3.52. The van der Waals surface area contributed by atoms with Crippen molar-refractivity contribution in [2.45, 2.75) is 25.8 Å². The van der Waals surface area contributed by atoms with Gasteiger partial charge < -0.3 is 19.9 Å². The van der Waals surface area contributed by atoms with Gasteiger partial charge >= 0.3 is 0 Å². The summed E-state index contributed by atoms with van der Waals surface area (Å²) in [7, 11) is 1.74. The molecule has 2 aromatic rings. The number of nitrogens with zero attached hydrogens (tertiary/aromatic N) is 5. The van der Waals surface area contributed by atoms with Crippen LogP contribution in [-0.2, 0) is 9.53 Å². The molecule has 8 heteroatoms. The zero-order valence-electron chi connectivity index (χ0n) is 18.5. The van der Waals surface area contributed by atoms with Gasteiger partial charge in [-0.3, -0.25) is 9.79 Å². The molecule has 0 radical (unpaired) electrons. The van der Waals surface area contributed by atoms with Gasteiger partial charge in [0.05, 0.1) is 24.9 Å². The molecule has 0 unspecified atom stereocenters. The lowest BCUT2D eigenvalue weighted by Crippen LogP contribution is -2.34. The van der Waals surface area contributed by atoms with Crippen molar-refractivity contribution in [2.75, 3.05) is 50.1 Å². The Morgan fingerprint density at radius 3 is 2.84 bits per heavy atom. The van der Waals surface area contributed by atoms with Crippen molar-refractivity contribution in [3.05, 3.63) is 47.5 Å². The number of hydrogen-bond acceptors (Lipinski definition) is 7. The number of anilines is 2. The minimum Gasteiger partial charge on any atom is -0.383 e. The molecule has 1 atom stereocenters. The molecular weight excluding hydrogens is 404 g/mol. The molecular formula is C24H28N6O2. The molecule has 166 valence electrons. The molecule has 4 heterocycles. The van der Waals surface area contributed by atoms with Gasteiger partial charge in [-0.1, -0.05) is 30.3 Å². The molecule has 1 saturated heterocycles. The van der Waals surface area contributed by atoms with Crippen LogP contribution in [0.4, 0.5) is 11.8 Å². The fourth-order valence-electron chi connectivity index (χ4n) is 4.65. The molecule has 0 aliphatic carbocycles. The number of carbonyl (C=O) groups excluding carboxylic acids is 1. The molecule has 1 N–H and O–H groups in total. The zero-order chi connectivity index (χ0) is 22.1. The fraction of sp³-hybridized carbons (Fsp3) is 0.417. The smallest absolute Gasteiger partial charge is 0.228 e. The van der Waals surface area contributed by atoms with Crippen LogP contribution in [0.2, 0.25) is 0 Å². The summed E-state index contributed by atoms with van der Waals surface area (Å²) in [5.74, 6) is 2.32. The van der Waals surface area contributed by atoms with E-state index in [1.165, 1.54) is 5.57 Å². The number of amidine groups is 1. The number of benzene rings is 1. The van der Waals surface area contributed by atoms with Gasteiger partial charge in [0, 0.05) is 50.9 Å². The number of methoxy groups -OCH3 is 1. The largest absolute Gasteiger partial charge is 0.383 e. The first-order valence-electron chi connectivity index (χ1n) is 11.1. The normalized spacial score (nSPS) is 20.1. The van der Waals surface area contributed by atoms with Crippen LogP contribution in [0.1, 0.15) is 19.8 Å². The molecule has 5 rings (SSSR count). The molecule has 1 aromatic carbocycles. The summed E-state index contributed by atoms with van der Waals surface area (Å²) < 4.78 is 5.44. The summed E-state index contributed by atoms with van der Waals surface area (Å²) in [5, 5.41) is 3.44. The highest BCUT2D eigenvalue weighted by atomic mass is 16.5. The van der Waals surface area contributed by atoms with Crippen molar-refractivity contribution in [1.82, 2.24) is 14.9 Å². The second-order valence-corrected chi connectivity index (χ2v) is 8.50. The number of nitrogens with one attached hydrogen (secondary N) is 1. The number of amides is 1. The number of aliphatic imine (C=N–C) groups is 1. The maximum Gasteiger partial charge on any atom is 0.228 e. The fourth-order valence-corrected chi connectivity index (χ4v) is 4.65. The topological polar surface area (TPSA) is 83.0 Å². The van der Waals surface area contributed by atoms with Gasteiger partial charge in [-0.15, -0.1) is 0 Å². The average molecular weight is 433 g/mol. The SMILES string of the molecule is COC[C@@H]1CCCN1c1nc(NC2=NCC3=C2CN(C(C)=O)C3)cc(-c2ccccc2)n1. The zero-order valence-corrected chi connectivity index (χ0v) is 18.5. The summed E-state index contributed by atoms with van der Waals surface area (Å²) in [4.78, 5) is 30.4. The van der Waals surface area contributed by atoms with Gasteiger partial charge in [0.25, 0.3) is 0 Å². The van der Waals surface area contributed by atoms with Gasteiger partial charge in [-0.2, -0.15) is 4.98 Å². The summed E-state index contributed by atoms with van der Waals surface area (Å²) in [6, 6.07) is 12.4. The quantitative estimate of drug-likeness (QED) is 0.782. The lowest BCUT2D eigenvalue weighted by atomic mass is 10.1. The van der Waals surface area contributed by atoms with Gasteiger partial charge in [0.1, 0.15) is 11.7 Å². The molecule has 32 heavy (non-hydrogen) atoms. The van der Waals surface area contributed by atoms with Gasteiger partial charge in [0.15, 0.2) is 0 Å². The summed E-state index contributed by atoms with van der Waals surface area (Å²) in [6.45, 7) is 5.08. The number of rotatable bonds is 5. The maximum absolute atomic E-state index is 11.8. The van der Waals surface area contributed by atoms with Crippen LogP contribution in [-0.4, -0.2) is 72.5 Å². The molecule has 1 aromatic heterocycles. The first kappa shape index (κ1) is 20.6. The van der Waals surface area contributed by atoms with E-state index < -0.39 is 0 Å². The molecule has 3 aliphatic rings. The van der Waals surface area contributed by atoms with Crippen molar-refractivity contribution >= 4 is 23.5 Å². The molecule has 0 bridgehead atoms. The van der Waals surface area contributed by atoms with Crippen LogP contribution in [0, 0.1) is 0 Å². The molecule has 1 amide bonds. The Kier molecular flexibility index (Phi) is 5.61. The van der Waals surface area contributed by atoms with E-state index in [2.05, 4.69) is 27.3 Å². The van der Waals surface area contributed by atoms with E-state index in [1.807, 2.05) is 29.2 Å². The number of hydrogen-bond donors (Lipinski definition) is 1. The van der Waals surface area contributed by atoms with E-state index in [0.29, 0.717) is 38.0 Å². The Bertz CT molecular complexity index is 1080. The number of aromatic nitrogens is 2. The molecule has 0 spiro atoms. The Morgan fingerprint density at radius 1 is 1.22 bits per heavy atom. The monoisotopic (exact) mass is 432 g/mol. The highest BCUT2D eigenvalue weighted by molar-refractivity contribution is 6.11. The number of ether oxygens (including phenoxy) is 1. The maximum atomic E-state index is 11.8. The van der Waals surface area contributed by atoms with Crippen LogP contribution in [0.3, 0.4) is 0 Å². The third-order valence-electron chi connectivity index (χ3n) is 6.34. The number of carbonyl (C=O) groups is 1. The first-order valence-corrected chi connectivity index (χ1v) is 11.1. The van der Waals surface area contributed by atoms with E-state index in [0.717, 1.165) is 42.1 Å². The predicted molar refractivity (Wildman–Crippen MR) is 125 cm³/mol. The Morgan fingerprint density at radius 2 is 2.06 bits per heavy atom. The third-order valence-corrected chi connectivity index (χ3v) is 6.34. The Balaban J connectivity index is 1.46. The predicted octanol–water partition coefficient (Wildman–Crippen LogP) is 2.74. The van der Waals surface area contributed by atoms with Crippen LogP contribution in [0.25, 0.3) is 11.3 Å². The summed E-state index contributed by atoms with van der Waals surface area (Å²) >= 11 is 0. The van der Waals surface area contributed by atoms with E-state index in [-0.39, 0.29) is 11.9 Å². The molecule has 8 nitrogen and oxygen atoms in total.